The third-order valence-electron chi connectivity index (χ3n) is 2.88. The van der Waals surface area contributed by atoms with Crippen molar-refractivity contribution in [2.24, 2.45) is 5.73 Å². The van der Waals surface area contributed by atoms with E-state index in [1.165, 1.54) is 11.3 Å². The van der Waals surface area contributed by atoms with Crippen molar-refractivity contribution >= 4 is 11.5 Å². The number of nitrogen functional groups attached to an aromatic ring is 1. The molecule has 0 aliphatic rings. The largest absolute Gasteiger partial charge is 0.384 e. The van der Waals surface area contributed by atoms with Crippen LogP contribution < -0.4 is 10.6 Å². The molecule has 0 saturated carbocycles. The standard InChI is InChI=1S/C15H17N3/c1-18(14-5-3-2-4-6-14)11-12-7-9-13(10-8-12)15(16)17/h2-10H,11H2,1H3,(H3,16,17). The first kappa shape index (κ1) is 12.2. The van der Waals surface area contributed by atoms with E-state index in [1.807, 2.05) is 42.5 Å². The van der Waals surface area contributed by atoms with Crippen molar-refractivity contribution in [1.29, 1.82) is 5.41 Å². The van der Waals surface area contributed by atoms with Gasteiger partial charge >= 0.3 is 0 Å². The molecule has 2 rings (SSSR count). The Morgan fingerprint density at radius 1 is 1.06 bits per heavy atom. The average molecular weight is 239 g/mol. The van der Waals surface area contributed by atoms with Gasteiger partial charge < -0.3 is 10.6 Å². The smallest absolute Gasteiger partial charge is 0.122 e. The summed E-state index contributed by atoms with van der Waals surface area (Å²) in [5, 5.41) is 7.35. The Morgan fingerprint density at radius 2 is 1.67 bits per heavy atom. The molecule has 2 aromatic rings. The Morgan fingerprint density at radius 3 is 2.22 bits per heavy atom. The summed E-state index contributed by atoms with van der Waals surface area (Å²) in [5.41, 5.74) is 8.58. The van der Waals surface area contributed by atoms with Gasteiger partial charge in [-0.3, -0.25) is 5.41 Å². The molecule has 0 fully saturated rings. The summed E-state index contributed by atoms with van der Waals surface area (Å²) >= 11 is 0. The van der Waals surface area contributed by atoms with E-state index in [9.17, 15) is 0 Å². The number of nitrogens with zero attached hydrogens (tertiary/aromatic N) is 1. The first-order chi connectivity index (χ1) is 8.66. The molecule has 2 aromatic carbocycles. The van der Waals surface area contributed by atoms with E-state index in [0.717, 1.165) is 12.1 Å². The van der Waals surface area contributed by atoms with Crippen LogP contribution in [0.15, 0.2) is 54.6 Å². The van der Waals surface area contributed by atoms with Gasteiger partial charge in [0.25, 0.3) is 0 Å². The molecule has 18 heavy (non-hydrogen) atoms. The van der Waals surface area contributed by atoms with Gasteiger partial charge in [0.15, 0.2) is 0 Å². The summed E-state index contributed by atoms with van der Waals surface area (Å²) in [6.07, 6.45) is 0. The lowest BCUT2D eigenvalue weighted by Crippen LogP contribution is -2.16. The van der Waals surface area contributed by atoms with Crippen molar-refractivity contribution in [3.05, 3.63) is 65.7 Å². The Kier molecular flexibility index (Phi) is 3.63. The lowest BCUT2D eigenvalue weighted by atomic mass is 10.1. The van der Waals surface area contributed by atoms with Gasteiger partial charge in [-0.15, -0.1) is 0 Å². The Labute approximate surface area is 107 Å². The number of amidine groups is 1. The highest BCUT2D eigenvalue weighted by Crippen LogP contribution is 2.14. The molecular formula is C15H17N3. The molecule has 0 spiro atoms. The molecule has 3 heteroatoms. The second-order valence-corrected chi connectivity index (χ2v) is 4.30. The molecule has 0 saturated heterocycles. The van der Waals surface area contributed by atoms with E-state index in [0.29, 0.717) is 0 Å². The molecule has 92 valence electrons. The summed E-state index contributed by atoms with van der Waals surface area (Å²) < 4.78 is 0. The Bertz CT molecular complexity index is 517. The van der Waals surface area contributed by atoms with Crippen molar-refractivity contribution in [3.63, 3.8) is 0 Å². The zero-order valence-corrected chi connectivity index (χ0v) is 10.4. The molecule has 0 aromatic heterocycles. The van der Waals surface area contributed by atoms with Crippen LogP contribution in [0.25, 0.3) is 0 Å². The highest BCUT2D eigenvalue weighted by molar-refractivity contribution is 5.94. The van der Waals surface area contributed by atoms with Crippen molar-refractivity contribution < 1.29 is 0 Å². The van der Waals surface area contributed by atoms with Gasteiger partial charge in [-0.2, -0.15) is 0 Å². The topological polar surface area (TPSA) is 53.1 Å². The van der Waals surface area contributed by atoms with Crippen LogP contribution >= 0.6 is 0 Å². The van der Waals surface area contributed by atoms with Crippen LogP contribution in [0.2, 0.25) is 0 Å². The predicted octanol–water partition coefficient (Wildman–Crippen LogP) is 2.61. The molecular weight excluding hydrogens is 222 g/mol. The molecule has 0 bridgehead atoms. The lowest BCUT2D eigenvalue weighted by Gasteiger charge is -2.19. The monoisotopic (exact) mass is 239 g/mol. The molecule has 0 aliphatic heterocycles. The fourth-order valence-electron chi connectivity index (χ4n) is 1.84. The zero-order chi connectivity index (χ0) is 13.0. The van der Waals surface area contributed by atoms with Gasteiger partial charge in [-0.05, 0) is 17.7 Å². The molecule has 0 amide bonds. The van der Waals surface area contributed by atoms with Gasteiger partial charge in [-0.1, -0.05) is 42.5 Å². The predicted molar refractivity (Wildman–Crippen MR) is 76.0 cm³/mol. The van der Waals surface area contributed by atoms with Crippen molar-refractivity contribution in [3.8, 4) is 0 Å². The second kappa shape index (κ2) is 5.36. The third-order valence-corrected chi connectivity index (χ3v) is 2.88. The van der Waals surface area contributed by atoms with Crippen LogP contribution in [0.3, 0.4) is 0 Å². The van der Waals surface area contributed by atoms with E-state index < -0.39 is 0 Å². The van der Waals surface area contributed by atoms with E-state index in [2.05, 4.69) is 24.1 Å². The summed E-state index contributed by atoms with van der Waals surface area (Å²) in [6.45, 7) is 0.836. The van der Waals surface area contributed by atoms with Crippen LogP contribution in [-0.2, 0) is 6.54 Å². The average Bonchev–Trinajstić information content (AvgIpc) is 2.40. The second-order valence-electron chi connectivity index (χ2n) is 4.30. The fraction of sp³-hybridized carbons (Fsp3) is 0.133. The van der Waals surface area contributed by atoms with Crippen LogP contribution in [0.4, 0.5) is 5.69 Å². The minimum atomic E-state index is 0.109. The van der Waals surface area contributed by atoms with E-state index in [1.54, 1.807) is 0 Å². The fourth-order valence-corrected chi connectivity index (χ4v) is 1.84. The number of hydrogen-bond acceptors (Lipinski definition) is 2. The number of nitrogens with two attached hydrogens (primary N) is 1. The number of hydrogen-bond donors (Lipinski definition) is 2. The molecule has 3 nitrogen and oxygen atoms in total. The maximum absolute atomic E-state index is 7.35. The SMILES string of the molecule is CN(Cc1ccc(C(=N)N)cc1)c1ccccc1. The van der Waals surface area contributed by atoms with E-state index in [-0.39, 0.29) is 5.84 Å². The van der Waals surface area contributed by atoms with Crippen LogP contribution in [-0.4, -0.2) is 12.9 Å². The minimum Gasteiger partial charge on any atom is -0.384 e. The van der Waals surface area contributed by atoms with Gasteiger partial charge in [0.1, 0.15) is 5.84 Å². The van der Waals surface area contributed by atoms with Crippen LogP contribution in [0, 0.1) is 5.41 Å². The lowest BCUT2D eigenvalue weighted by molar-refractivity contribution is 0.923. The molecule has 3 N–H and O–H groups in total. The molecule has 0 radical (unpaired) electrons. The maximum Gasteiger partial charge on any atom is 0.122 e. The maximum atomic E-state index is 7.35. The van der Waals surface area contributed by atoms with E-state index >= 15 is 0 Å². The van der Waals surface area contributed by atoms with Crippen molar-refractivity contribution in [2.75, 3.05) is 11.9 Å². The Balaban J connectivity index is 2.08. The first-order valence-electron chi connectivity index (χ1n) is 5.86. The number of rotatable bonds is 4. The van der Waals surface area contributed by atoms with Crippen molar-refractivity contribution in [2.45, 2.75) is 6.54 Å². The van der Waals surface area contributed by atoms with Gasteiger partial charge in [0.05, 0.1) is 0 Å². The quantitative estimate of drug-likeness (QED) is 0.636. The van der Waals surface area contributed by atoms with Gasteiger partial charge in [0, 0.05) is 24.8 Å². The molecule has 0 unspecified atom stereocenters. The zero-order valence-electron chi connectivity index (χ0n) is 10.4. The molecule has 0 atom stereocenters. The minimum absolute atomic E-state index is 0.109. The van der Waals surface area contributed by atoms with Crippen LogP contribution in [0.1, 0.15) is 11.1 Å². The normalized spacial score (nSPS) is 10.1. The Hall–Kier alpha value is -2.29. The number of para-hydroxylation sites is 1. The number of benzene rings is 2. The first-order valence-corrected chi connectivity index (χ1v) is 5.86. The summed E-state index contributed by atoms with van der Waals surface area (Å²) in [6, 6.07) is 18.0. The summed E-state index contributed by atoms with van der Waals surface area (Å²) in [5.74, 6) is 0.109. The van der Waals surface area contributed by atoms with Crippen LogP contribution in [0.5, 0.6) is 0 Å². The highest BCUT2D eigenvalue weighted by Gasteiger charge is 2.02. The number of anilines is 1. The van der Waals surface area contributed by atoms with Gasteiger partial charge in [0.2, 0.25) is 0 Å². The van der Waals surface area contributed by atoms with Gasteiger partial charge in [-0.25, -0.2) is 0 Å². The van der Waals surface area contributed by atoms with Crippen molar-refractivity contribution in [1.82, 2.24) is 0 Å². The number of nitrogens with one attached hydrogen (secondary N) is 1. The molecule has 0 aliphatic carbocycles. The highest BCUT2D eigenvalue weighted by atomic mass is 15.1. The van der Waals surface area contributed by atoms with E-state index in [4.69, 9.17) is 11.1 Å². The third kappa shape index (κ3) is 2.88. The summed E-state index contributed by atoms with van der Waals surface area (Å²) in [7, 11) is 2.06. The molecule has 0 heterocycles. The summed E-state index contributed by atoms with van der Waals surface area (Å²) in [4.78, 5) is 2.18.